The molecule has 3 heteroatoms. The maximum absolute atomic E-state index is 5.79. The molecule has 0 bridgehead atoms. The van der Waals surface area contributed by atoms with Crippen LogP contribution in [-0.2, 0) is 0 Å². The smallest absolute Gasteiger partial charge is 0.221 e. The van der Waals surface area contributed by atoms with Gasteiger partial charge in [-0.1, -0.05) is 18.2 Å². The first-order chi connectivity index (χ1) is 7.43. The topological polar surface area (TPSA) is 34.1 Å². The highest BCUT2D eigenvalue weighted by atomic mass is 16.5. The molecule has 0 atom stereocenters. The predicted molar refractivity (Wildman–Crippen MR) is 59.0 cm³/mol. The molecule has 1 fully saturated rings. The number of pyridine rings is 1. The summed E-state index contributed by atoms with van der Waals surface area (Å²) >= 11 is 0. The molecular weight excluding hydrogens is 188 g/mol. The number of benzene rings is 1. The van der Waals surface area contributed by atoms with Gasteiger partial charge in [0.15, 0.2) is 0 Å². The van der Waals surface area contributed by atoms with Crippen molar-refractivity contribution in [2.24, 2.45) is 0 Å². The van der Waals surface area contributed by atoms with Crippen molar-refractivity contribution in [2.45, 2.75) is 6.10 Å². The molecule has 0 unspecified atom stereocenters. The number of rotatable bonds is 2. The molecular formula is C12H12N2O. The summed E-state index contributed by atoms with van der Waals surface area (Å²) < 4.78 is 5.79. The summed E-state index contributed by atoms with van der Waals surface area (Å²) in [7, 11) is 0. The zero-order valence-corrected chi connectivity index (χ0v) is 8.31. The summed E-state index contributed by atoms with van der Waals surface area (Å²) in [5.74, 6) is 0.750. The van der Waals surface area contributed by atoms with Gasteiger partial charge in [-0.05, 0) is 17.5 Å². The van der Waals surface area contributed by atoms with E-state index in [1.807, 2.05) is 24.3 Å². The van der Waals surface area contributed by atoms with Crippen LogP contribution in [0.25, 0.3) is 10.8 Å². The minimum absolute atomic E-state index is 0.281. The van der Waals surface area contributed by atoms with E-state index in [-0.39, 0.29) is 6.10 Å². The Morgan fingerprint density at radius 3 is 2.87 bits per heavy atom. The van der Waals surface area contributed by atoms with Crippen LogP contribution in [0.1, 0.15) is 0 Å². The number of aromatic nitrogens is 1. The van der Waals surface area contributed by atoms with E-state index in [9.17, 15) is 0 Å². The van der Waals surface area contributed by atoms with Gasteiger partial charge in [-0.2, -0.15) is 0 Å². The molecule has 2 heterocycles. The van der Waals surface area contributed by atoms with Crippen LogP contribution in [0.4, 0.5) is 0 Å². The average molecular weight is 200 g/mol. The number of hydrogen-bond donors (Lipinski definition) is 1. The molecule has 1 aromatic heterocycles. The van der Waals surface area contributed by atoms with Crippen LogP contribution in [0.3, 0.4) is 0 Å². The van der Waals surface area contributed by atoms with Gasteiger partial charge in [0.25, 0.3) is 0 Å². The molecule has 0 spiro atoms. The van der Waals surface area contributed by atoms with E-state index in [0.29, 0.717) is 0 Å². The van der Waals surface area contributed by atoms with Gasteiger partial charge in [-0.15, -0.1) is 0 Å². The minimum Gasteiger partial charge on any atom is -0.471 e. The quantitative estimate of drug-likeness (QED) is 0.799. The standard InChI is InChI=1S/C12H12N2O/c1-2-4-11-9(3-1)5-6-14-12(11)15-10-7-13-8-10/h1-6,10,13H,7-8H2. The molecule has 3 nitrogen and oxygen atoms in total. The van der Waals surface area contributed by atoms with Gasteiger partial charge >= 0.3 is 0 Å². The van der Waals surface area contributed by atoms with Crippen molar-refractivity contribution in [3.8, 4) is 5.88 Å². The molecule has 0 amide bonds. The SMILES string of the molecule is c1ccc2c(OC3CNC3)nccc2c1. The third-order valence-corrected chi connectivity index (χ3v) is 2.66. The van der Waals surface area contributed by atoms with Crippen molar-refractivity contribution < 1.29 is 4.74 Å². The van der Waals surface area contributed by atoms with E-state index in [0.717, 1.165) is 24.4 Å². The second-order valence-electron chi connectivity index (χ2n) is 3.74. The fourth-order valence-corrected chi connectivity index (χ4v) is 1.69. The van der Waals surface area contributed by atoms with E-state index in [1.165, 1.54) is 5.39 Å². The number of hydrogen-bond acceptors (Lipinski definition) is 3. The Morgan fingerprint density at radius 2 is 2.07 bits per heavy atom. The first kappa shape index (κ1) is 8.68. The zero-order valence-electron chi connectivity index (χ0n) is 8.31. The van der Waals surface area contributed by atoms with E-state index in [1.54, 1.807) is 6.20 Å². The highest BCUT2D eigenvalue weighted by Crippen LogP contribution is 2.23. The van der Waals surface area contributed by atoms with Crippen molar-refractivity contribution in [2.75, 3.05) is 13.1 Å². The van der Waals surface area contributed by atoms with Gasteiger partial charge in [0.2, 0.25) is 5.88 Å². The lowest BCUT2D eigenvalue weighted by Gasteiger charge is -2.27. The number of ether oxygens (including phenoxy) is 1. The summed E-state index contributed by atoms with van der Waals surface area (Å²) in [5.41, 5.74) is 0. The Labute approximate surface area is 88.1 Å². The Hall–Kier alpha value is -1.61. The van der Waals surface area contributed by atoms with Gasteiger partial charge in [0.05, 0.1) is 0 Å². The van der Waals surface area contributed by atoms with Crippen molar-refractivity contribution in [1.82, 2.24) is 10.3 Å². The maximum atomic E-state index is 5.79. The molecule has 1 aromatic carbocycles. The fraction of sp³-hybridized carbons (Fsp3) is 0.250. The van der Waals surface area contributed by atoms with Crippen LogP contribution in [0.15, 0.2) is 36.5 Å². The third kappa shape index (κ3) is 1.55. The molecule has 0 radical (unpaired) electrons. The van der Waals surface area contributed by atoms with Crippen LogP contribution >= 0.6 is 0 Å². The Bertz CT molecular complexity index is 475. The first-order valence-electron chi connectivity index (χ1n) is 5.14. The Balaban J connectivity index is 2.01. The molecule has 1 aliphatic heterocycles. The van der Waals surface area contributed by atoms with E-state index in [4.69, 9.17) is 4.74 Å². The second-order valence-corrected chi connectivity index (χ2v) is 3.74. The normalized spacial score (nSPS) is 16.3. The summed E-state index contributed by atoms with van der Waals surface area (Å²) in [6, 6.07) is 10.2. The second kappa shape index (κ2) is 3.51. The van der Waals surface area contributed by atoms with Gasteiger partial charge < -0.3 is 10.1 Å². The third-order valence-electron chi connectivity index (χ3n) is 2.66. The molecule has 0 saturated carbocycles. The Kier molecular flexibility index (Phi) is 2.03. The van der Waals surface area contributed by atoms with Gasteiger partial charge in [-0.25, -0.2) is 4.98 Å². The van der Waals surface area contributed by atoms with E-state index >= 15 is 0 Å². The lowest BCUT2D eigenvalue weighted by molar-refractivity contribution is 0.138. The summed E-state index contributed by atoms with van der Waals surface area (Å²) in [5, 5.41) is 5.44. The van der Waals surface area contributed by atoms with Crippen molar-refractivity contribution >= 4 is 10.8 Å². The first-order valence-corrected chi connectivity index (χ1v) is 5.14. The summed E-state index contributed by atoms with van der Waals surface area (Å²) in [6.45, 7) is 1.84. The average Bonchev–Trinajstić information content (AvgIpc) is 2.23. The molecule has 0 aliphatic carbocycles. The largest absolute Gasteiger partial charge is 0.471 e. The molecule has 15 heavy (non-hydrogen) atoms. The summed E-state index contributed by atoms with van der Waals surface area (Å²) in [4.78, 5) is 4.28. The van der Waals surface area contributed by atoms with Crippen LogP contribution in [0.2, 0.25) is 0 Å². The van der Waals surface area contributed by atoms with Crippen LogP contribution in [0, 0.1) is 0 Å². The van der Waals surface area contributed by atoms with Gasteiger partial charge in [-0.3, -0.25) is 0 Å². The molecule has 2 aromatic rings. The monoisotopic (exact) mass is 200 g/mol. The highest BCUT2D eigenvalue weighted by molar-refractivity contribution is 5.86. The molecule has 1 N–H and O–H groups in total. The molecule has 3 rings (SSSR count). The number of nitrogens with one attached hydrogen (secondary N) is 1. The fourth-order valence-electron chi connectivity index (χ4n) is 1.69. The van der Waals surface area contributed by atoms with Crippen LogP contribution in [0.5, 0.6) is 5.88 Å². The van der Waals surface area contributed by atoms with Crippen LogP contribution < -0.4 is 10.1 Å². The Morgan fingerprint density at radius 1 is 1.20 bits per heavy atom. The maximum Gasteiger partial charge on any atom is 0.221 e. The van der Waals surface area contributed by atoms with Crippen molar-refractivity contribution in [1.29, 1.82) is 0 Å². The lowest BCUT2D eigenvalue weighted by atomic mass is 10.1. The summed E-state index contributed by atoms with van der Waals surface area (Å²) in [6.07, 6.45) is 2.08. The molecule has 76 valence electrons. The lowest BCUT2D eigenvalue weighted by Crippen LogP contribution is -2.50. The molecule has 1 saturated heterocycles. The van der Waals surface area contributed by atoms with Gasteiger partial charge in [0, 0.05) is 24.7 Å². The van der Waals surface area contributed by atoms with Crippen molar-refractivity contribution in [3.63, 3.8) is 0 Å². The van der Waals surface area contributed by atoms with Gasteiger partial charge in [0.1, 0.15) is 6.10 Å². The number of nitrogens with zero attached hydrogens (tertiary/aromatic N) is 1. The zero-order chi connectivity index (χ0) is 10.1. The van der Waals surface area contributed by atoms with Crippen molar-refractivity contribution in [3.05, 3.63) is 36.5 Å². The predicted octanol–water partition coefficient (Wildman–Crippen LogP) is 1.59. The minimum atomic E-state index is 0.281. The van der Waals surface area contributed by atoms with Crippen LogP contribution in [-0.4, -0.2) is 24.2 Å². The number of fused-ring (bicyclic) bond motifs is 1. The van der Waals surface area contributed by atoms with E-state index in [2.05, 4.69) is 16.4 Å². The van der Waals surface area contributed by atoms with E-state index < -0.39 is 0 Å². The molecule has 1 aliphatic rings. The highest BCUT2D eigenvalue weighted by Gasteiger charge is 2.19.